The Kier molecular flexibility index (Phi) is 2.51. The van der Waals surface area contributed by atoms with Crippen molar-refractivity contribution in [3.8, 4) is 0 Å². The molecule has 0 N–H and O–H groups in total. The van der Waals surface area contributed by atoms with Crippen molar-refractivity contribution in [3.63, 3.8) is 0 Å². The van der Waals surface area contributed by atoms with E-state index in [9.17, 15) is 4.79 Å². The summed E-state index contributed by atoms with van der Waals surface area (Å²) in [6, 6.07) is 3.84. The third-order valence-corrected chi connectivity index (χ3v) is 4.85. The largest absolute Gasteiger partial charge is 0.458 e. The first-order valence-electron chi connectivity index (χ1n) is 6.00. The Morgan fingerprint density at radius 2 is 2.25 bits per heavy atom. The van der Waals surface area contributed by atoms with Crippen molar-refractivity contribution in [1.29, 1.82) is 0 Å². The van der Waals surface area contributed by atoms with Crippen molar-refractivity contribution >= 4 is 17.3 Å². The number of thiophene rings is 1. The first-order chi connectivity index (χ1) is 7.72. The lowest BCUT2D eigenvalue weighted by Crippen LogP contribution is -2.23. The first kappa shape index (κ1) is 10.3. The van der Waals surface area contributed by atoms with Crippen molar-refractivity contribution in [2.75, 3.05) is 0 Å². The van der Waals surface area contributed by atoms with Gasteiger partial charge in [0.1, 0.15) is 11.0 Å². The molecular weight excluding hydrogens is 220 g/mol. The summed E-state index contributed by atoms with van der Waals surface area (Å²) >= 11 is 1.52. The molecule has 0 saturated heterocycles. The SMILES string of the molecule is Cc1ccc(C(=O)OC2CC3CCC2C3)s1. The minimum Gasteiger partial charge on any atom is -0.458 e. The summed E-state index contributed by atoms with van der Waals surface area (Å²) in [5.74, 6) is 1.36. The Morgan fingerprint density at radius 1 is 1.38 bits per heavy atom. The van der Waals surface area contributed by atoms with Gasteiger partial charge >= 0.3 is 5.97 Å². The molecule has 3 heteroatoms. The average molecular weight is 236 g/mol. The van der Waals surface area contributed by atoms with Gasteiger partial charge < -0.3 is 4.74 Å². The summed E-state index contributed by atoms with van der Waals surface area (Å²) in [4.78, 5) is 13.8. The van der Waals surface area contributed by atoms with Crippen molar-refractivity contribution < 1.29 is 9.53 Å². The molecule has 0 radical (unpaired) electrons. The van der Waals surface area contributed by atoms with Crippen LogP contribution >= 0.6 is 11.3 Å². The molecule has 2 bridgehead atoms. The number of hydrogen-bond donors (Lipinski definition) is 0. The molecule has 3 unspecified atom stereocenters. The van der Waals surface area contributed by atoms with Crippen LogP contribution in [0.3, 0.4) is 0 Å². The minimum absolute atomic E-state index is 0.115. The number of hydrogen-bond acceptors (Lipinski definition) is 3. The number of esters is 1. The number of carbonyl (C=O) groups excluding carboxylic acids is 1. The van der Waals surface area contributed by atoms with Crippen molar-refractivity contribution in [2.45, 2.75) is 38.7 Å². The van der Waals surface area contributed by atoms with Gasteiger partial charge in [-0.05, 0) is 56.6 Å². The highest BCUT2D eigenvalue weighted by molar-refractivity contribution is 7.13. The fourth-order valence-corrected chi connectivity index (χ4v) is 3.82. The highest BCUT2D eigenvalue weighted by Crippen LogP contribution is 2.46. The van der Waals surface area contributed by atoms with Crippen LogP contribution < -0.4 is 0 Å². The molecule has 2 aliphatic rings. The van der Waals surface area contributed by atoms with Gasteiger partial charge in [-0.25, -0.2) is 4.79 Å². The summed E-state index contributed by atoms with van der Waals surface area (Å²) in [6.07, 6.45) is 5.18. The summed E-state index contributed by atoms with van der Waals surface area (Å²) in [5, 5.41) is 0. The van der Waals surface area contributed by atoms with Crippen LogP contribution in [0, 0.1) is 18.8 Å². The Hall–Kier alpha value is -0.830. The molecule has 1 aromatic rings. The molecular formula is C13H16O2S. The van der Waals surface area contributed by atoms with Gasteiger partial charge in [0.25, 0.3) is 0 Å². The number of ether oxygens (including phenoxy) is 1. The molecule has 2 saturated carbocycles. The monoisotopic (exact) mass is 236 g/mol. The van der Waals surface area contributed by atoms with Gasteiger partial charge in [-0.3, -0.25) is 0 Å². The smallest absolute Gasteiger partial charge is 0.348 e. The lowest BCUT2D eigenvalue weighted by Gasteiger charge is -2.21. The van der Waals surface area contributed by atoms with Crippen LogP contribution in [-0.4, -0.2) is 12.1 Å². The Morgan fingerprint density at radius 3 is 2.81 bits per heavy atom. The molecule has 86 valence electrons. The molecule has 3 rings (SSSR count). The fraction of sp³-hybridized carbons (Fsp3) is 0.615. The lowest BCUT2D eigenvalue weighted by atomic mass is 9.98. The normalized spacial score (nSPS) is 31.9. The maximum Gasteiger partial charge on any atom is 0.348 e. The van der Waals surface area contributed by atoms with Gasteiger partial charge in [-0.15, -0.1) is 11.3 Å². The Bertz CT molecular complexity index is 410. The standard InChI is InChI=1S/C13H16O2S/c1-8-2-5-12(16-8)13(14)15-11-7-9-3-4-10(11)6-9/h2,5,9-11H,3-4,6-7H2,1H3. The zero-order valence-electron chi connectivity index (χ0n) is 9.44. The Balaban J connectivity index is 1.65. The van der Waals surface area contributed by atoms with E-state index >= 15 is 0 Å². The lowest BCUT2D eigenvalue weighted by molar-refractivity contribution is 0.0164. The van der Waals surface area contributed by atoms with Crippen LogP contribution in [-0.2, 0) is 4.74 Å². The van der Waals surface area contributed by atoms with E-state index in [1.807, 2.05) is 19.1 Å². The van der Waals surface area contributed by atoms with Gasteiger partial charge in [0.05, 0.1) is 0 Å². The van der Waals surface area contributed by atoms with Crippen LogP contribution in [0.15, 0.2) is 12.1 Å². The zero-order chi connectivity index (χ0) is 11.1. The quantitative estimate of drug-likeness (QED) is 0.736. The topological polar surface area (TPSA) is 26.3 Å². The van der Waals surface area contributed by atoms with E-state index in [1.165, 1.54) is 35.5 Å². The third-order valence-electron chi connectivity index (χ3n) is 3.87. The van der Waals surface area contributed by atoms with Gasteiger partial charge in [0, 0.05) is 4.88 Å². The van der Waals surface area contributed by atoms with Crippen LogP contribution in [0.1, 0.15) is 40.2 Å². The summed E-state index contributed by atoms with van der Waals surface area (Å²) in [7, 11) is 0. The number of carbonyl (C=O) groups is 1. The third kappa shape index (κ3) is 1.77. The molecule has 0 amide bonds. The van der Waals surface area contributed by atoms with Gasteiger partial charge in [0.2, 0.25) is 0 Å². The molecule has 0 aliphatic heterocycles. The van der Waals surface area contributed by atoms with E-state index in [1.54, 1.807) is 0 Å². The second kappa shape index (κ2) is 3.88. The van der Waals surface area contributed by atoms with Crippen LogP contribution in [0.2, 0.25) is 0 Å². The predicted octanol–water partition coefficient (Wildman–Crippen LogP) is 3.40. The van der Waals surface area contributed by atoms with E-state index in [4.69, 9.17) is 4.74 Å². The summed E-state index contributed by atoms with van der Waals surface area (Å²) in [5.41, 5.74) is 0. The second-order valence-corrected chi connectivity index (χ2v) is 6.32. The second-order valence-electron chi connectivity index (χ2n) is 5.03. The Labute approximate surface area is 99.6 Å². The van der Waals surface area contributed by atoms with Crippen LogP contribution in [0.25, 0.3) is 0 Å². The molecule has 2 aliphatic carbocycles. The molecule has 0 spiro atoms. The highest BCUT2D eigenvalue weighted by Gasteiger charge is 2.41. The van der Waals surface area contributed by atoms with Crippen LogP contribution in [0.5, 0.6) is 0 Å². The van der Waals surface area contributed by atoms with E-state index in [-0.39, 0.29) is 12.1 Å². The highest BCUT2D eigenvalue weighted by atomic mass is 32.1. The summed E-state index contributed by atoms with van der Waals surface area (Å²) < 4.78 is 5.62. The molecule has 2 nitrogen and oxygen atoms in total. The maximum atomic E-state index is 11.9. The molecule has 16 heavy (non-hydrogen) atoms. The zero-order valence-corrected chi connectivity index (χ0v) is 10.3. The molecule has 1 heterocycles. The molecule has 1 aromatic heterocycles. The van der Waals surface area contributed by atoms with Crippen molar-refractivity contribution in [3.05, 3.63) is 21.9 Å². The molecule has 3 atom stereocenters. The molecule has 2 fully saturated rings. The number of fused-ring (bicyclic) bond motifs is 2. The van der Waals surface area contributed by atoms with E-state index in [0.717, 1.165) is 17.2 Å². The number of rotatable bonds is 2. The van der Waals surface area contributed by atoms with Crippen LogP contribution in [0.4, 0.5) is 0 Å². The van der Waals surface area contributed by atoms with Gasteiger partial charge in [-0.2, -0.15) is 0 Å². The first-order valence-corrected chi connectivity index (χ1v) is 6.81. The van der Waals surface area contributed by atoms with E-state index in [2.05, 4.69) is 0 Å². The van der Waals surface area contributed by atoms with Gasteiger partial charge in [-0.1, -0.05) is 0 Å². The predicted molar refractivity (Wildman–Crippen MR) is 63.7 cm³/mol. The van der Waals surface area contributed by atoms with Crippen molar-refractivity contribution in [1.82, 2.24) is 0 Å². The van der Waals surface area contributed by atoms with E-state index < -0.39 is 0 Å². The summed E-state index contributed by atoms with van der Waals surface area (Å²) in [6.45, 7) is 2.01. The van der Waals surface area contributed by atoms with Gasteiger partial charge in [0.15, 0.2) is 0 Å². The molecule has 0 aromatic carbocycles. The fourth-order valence-electron chi connectivity index (χ4n) is 3.07. The number of aryl methyl sites for hydroxylation is 1. The average Bonchev–Trinajstić information content (AvgIpc) is 2.92. The van der Waals surface area contributed by atoms with Crippen molar-refractivity contribution in [2.24, 2.45) is 11.8 Å². The van der Waals surface area contributed by atoms with E-state index in [0.29, 0.717) is 5.92 Å². The minimum atomic E-state index is -0.115. The maximum absolute atomic E-state index is 11.9.